The van der Waals surface area contributed by atoms with E-state index in [0.29, 0.717) is 11.6 Å². The Kier molecular flexibility index (Phi) is 4.74. The molecule has 1 aromatic heterocycles. The number of benzene rings is 1. The van der Waals surface area contributed by atoms with Gasteiger partial charge in [0, 0.05) is 7.05 Å². The van der Waals surface area contributed by atoms with Crippen molar-refractivity contribution in [3.8, 4) is 5.75 Å². The van der Waals surface area contributed by atoms with Gasteiger partial charge in [-0.15, -0.1) is 0 Å². The lowest BCUT2D eigenvalue weighted by Gasteiger charge is -2.21. The average Bonchev–Trinajstić information content (AvgIpc) is 2.92. The highest BCUT2D eigenvalue weighted by molar-refractivity contribution is 7.89. The van der Waals surface area contributed by atoms with Crippen molar-refractivity contribution in [2.45, 2.75) is 24.8 Å². The van der Waals surface area contributed by atoms with Gasteiger partial charge < -0.3 is 9.26 Å². The number of hydrogen-bond acceptors (Lipinski definition) is 6. The van der Waals surface area contributed by atoms with Crippen LogP contribution in [0, 0.1) is 6.92 Å². The number of nitrogens with zero attached hydrogens (tertiary/aromatic N) is 3. The van der Waals surface area contributed by atoms with Crippen LogP contribution in [0.25, 0.3) is 0 Å². The zero-order valence-electron chi connectivity index (χ0n) is 12.6. The maximum Gasteiger partial charge on any atom is 0.244 e. The summed E-state index contributed by atoms with van der Waals surface area (Å²) in [7, 11) is -0.857. The van der Waals surface area contributed by atoms with E-state index in [0.717, 1.165) is 4.31 Å². The normalized spacial score (nSPS) is 13.4. The molecule has 0 fully saturated rings. The highest BCUT2D eigenvalue weighted by Gasteiger charge is 2.30. The summed E-state index contributed by atoms with van der Waals surface area (Å²) in [5.41, 5.74) is 0. The third kappa shape index (κ3) is 3.08. The standard InChI is InChI=1S/C13H16ClN3O4S/c1-8(13-15-9(2)16-21-13)17(3)22(18,19)10-5-6-12(20-4)11(14)7-10/h5-8H,1-4H3. The minimum atomic E-state index is -3.76. The summed E-state index contributed by atoms with van der Waals surface area (Å²) >= 11 is 5.99. The summed E-state index contributed by atoms with van der Waals surface area (Å²) in [6, 6.07) is 3.68. The van der Waals surface area contributed by atoms with Gasteiger partial charge in [0.15, 0.2) is 5.82 Å². The number of hydrogen-bond donors (Lipinski definition) is 0. The Morgan fingerprint density at radius 3 is 2.59 bits per heavy atom. The molecule has 1 heterocycles. The summed E-state index contributed by atoms with van der Waals surface area (Å²) in [6.07, 6.45) is 0. The Hall–Kier alpha value is -1.64. The van der Waals surface area contributed by atoms with E-state index < -0.39 is 16.1 Å². The van der Waals surface area contributed by atoms with Crippen LogP contribution in [-0.2, 0) is 10.0 Å². The summed E-state index contributed by atoms with van der Waals surface area (Å²) in [4.78, 5) is 4.11. The predicted octanol–water partition coefficient (Wildman–Crippen LogP) is 2.42. The molecule has 0 amide bonds. The third-order valence-corrected chi connectivity index (χ3v) is 5.47. The van der Waals surface area contributed by atoms with Gasteiger partial charge in [-0.3, -0.25) is 0 Å². The van der Waals surface area contributed by atoms with Crippen LogP contribution in [-0.4, -0.2) is 37.0 Å². The van der Waals surface area contributed by atoms with Crippen molar-refractivity contribution in [1.82, 2.24) is 14.4 Å². The Labute approximate surface area is 133 Å². The summed E-state index contributed by atoms with van der Waals surface area (Å²) < 4.78 is 36.5. The minimum Gasteiger partial charge on any atom is -0.495 e. The van der Waals surface area contributed by atoms with E-state index >= 15 is 0 Å². The van der Waals surface area contributed by atoms with E-state index in [-0.39, 0.29) is 15.8 Å². The lowest BCUT2D eigenvalue weighted by Crippen LogP contribution is -2.30. The largest absolute Gasteiger partial charge is 0.495 e. The Bertz CT molecular complexity index is 775. The van der Waals surface area contributed by atoms with Gasteiger partial charge in [-0.1, -0.05) is 16.8 Å². The van der Waals surface area contributed by atoms with E-state index in [1.54, 1.807) is 13.8 Å². The molecule has 2 aromatic rings. The molecule has 0 aliphatic carbocycles. The first-order valence-electron chi connectivity index (χ1n) is 6.39. The van der Waals surface area contributed by atoms with Crippen LogP contribution in [0.1, 0.15) is 24.7 Å². The van der Waals surface area contributed by atoms with Gasteiger partial charge in [0.2, 0.25) is 15.9 Å². The molecule has 0 aliphatic heterocycles. The van der Waals surface area contributed by atoms with Crippen molar-refractivity contribution in [1.29, 1.82) is 0 Å². The van der Waals surface area contributed by atoms with Gasteiger partial charge in [-0.2, -0.15) is 9.29 Å². The van der Waals surface area contributed by atoms with Gasteiger partial charge in [0.1, 0.15) is 11.8 Å². The number of halogens is 1. The van der Waals surface area contributed by atoms with E-state index in [2.05, 4.69) is 10.1 Å². The number of rotatable bonds is 5. The number of ether oxygens (including phenoxy) is 1. The molecule has 0 spiro atoms. The van der Waals surface area contributed by atoms with Crippen LogP contribution in [0.15, 0.2) is 27.6 Å². The van der Waals surface area contributed by atoms with Crippen molar-refractivity contribution in [2.24, 2.45) is 0 Å². The van der Waals surface area contributed by atoms with Gasteiger partial charge >= 0.3 is 0 Å². The van der Waals surface area contributed by atoms with E-state index in [1.165, 1.54) is 32.4 Å². The molecule has 0 radical (unpaired) electrons. The Morgan fingerprint density at radius 2 is 2.09 bits per heavy atom. The molecule has 7 nitrogen and oxygen atoms in total. The molecular weight excluding hydrogens is 330 g/mol. The fraction of sp³-hybridized carbons (Fsp3) is 0.385. The molecule has 2 rings (SSSR count). The maximum absolute atomic E-state index is 12.6. The van der Waals surface area contributed by atoms with Crippen LogP contribution in [0.3, 0.4) is 0 Å². The number of aryl methyl sites for hydroxylation is 1. The molecule has 1 atom stereocenters. The second-order valence-electron chi connectivity index (χ2n) is 4.67. The minimum absolute atomic E-state index is 0.0592. The van der Waals surface area contributed by atoms with Gasteiger partial charge in [0.05, 0.1) is 17.0 Å². The molecule has 9 heteroatoms. The summed E-state index contributed by atoms with van der Waals surface area (Å²) in [6.45, 7) is 3.33. The lowest BCUT2D eigenvalue weighted by atomic mass is 10.3. The lowest BCUT2D eigenvalue weighted by molar-refractivity contribution is 0.289. The fourth-order valence-electron chi connectivity index (χ4n) is 1.82. The van der Waals surface area contributed by atoms with Crippen molar-refractivity contribution in [3.05, 3.63) is 34.9 Å². The Morgan fingerprint density at radius 1 is 1.41 bits per heavy atom. The first-order valence-corrected chi connectivity index (χ1v) is 8.21. The predicted molar refractivity (Wildman–Crippen MR) is 80.4 cm³/mol. The first-order chi connectivity index (χ1) is 10.3. The Balaban J connectivity index is 2.35. The first kappa shape index (κ1) is 16.7. The fourth-order valence-corrected chi connectivity index (χ4v) is 3.49. The van der Waals surface area contributed by atoms with E-state index in [4.69, 9.17) is 20.9 Å². The van der Waals surface area contributed by atoms with Crippen LogP contribution >= 0.6 is 11.6 Å². The zero-order valence-corrected chi connectivity index (χ0v) is 14.1. The molecule has 0 saturated carbocycles. The van der Waals surface area contributed by atoms with Crippen LogP contribution < -0.4 is 4.74 Å². The molecule has 0 N–H and O–H groups in total. The number of sulfonamides is 1. The highest BCUT2D eigenvalue weighted by Crippen LogP contribution is 2.30. The van der Waals surface area contributed by atoms with Crippen molar-refractivity contribution < 1.29 is 17.7 Å². The van der Waals surface area contributed by atoms with Crippen LogP contribution in [0.4, 0.5) is 0 Å². The second-order valence-corrected chi connectivity index (χ2v) is 7.08. The molecule has 0 bridgehead atoms. The number of aromatic nitrogens is 2. The topological polar surface area (TPSA) is 85.5 Å². The van der Waals surface area contributed by atoms with Gasteiger partial charge in [-0.05, 0) is 32.0 Å². The highest BCUT2D eigenvalue weighted by atomic mass is 35.5. The average molecular weight is 346 g/mol. The molecule has 22 heavy (non-hydrogen) atoms. The molecule has 0 saturated heterocycles. The van der Waals surface area contributed by atoms with Crippen molar-refractivity contribution in [3.63, 3.8) is 0 Å². The summed E-state index contributed by atoms with van der Waals surface area (Å²) in [5.74, 6) is 1.08. The van der Waals surface area contributed by atoms with Crippen molar-refractivity contribution >= 4 is 21.6 Å². The van der Waals surface area contributed by atoms with Crippen LogP contribution in [0.2, 0.25) is 5.02 Å². The molecule has 120 valence electrons. The smallest absolute Gasteiger partial charge is 0.244 e. The SMILES string of the molecule is COc1ccc(S(=O)(=O)N(C)C(C)c2nc(C)no2)cc1Cl. The van der Waals surface area contributed by atoms with E-state index in [1.807, 2.05) is 0 Å². The monoisotopic (exact) mass is 345 g/mol. The van der Waals surface area contributed by atoms with Gasteiger partial charge in [0.25, 0.3) is 0 Å². The zero-order chi connectivity index (χ0) is 16.5. The summed E-state index contributed by atoms with van der Waals surface area (Å²) in [5, 5.41) is 3.89. The van der Waals surface area contributed by atoms with E-state index in [9.17, 15) is 8.42 Å². The molecule has 1 unspecified atom stereocenters. The van der Waals surface area contributed by atoms with Crippen molar-refractivity contribution in [2.75, 3.05) is 14.2 Å². The quantitative estimate of drug-likeness (QED) is 0.827. The third-order valence-electron chi connectivity index (χ3n) is 3.25. The number of methoxy groups -OCH3 is 1. The molecular formula is C13H16ClN3O4S. The van der Waals surface area contributed by atoms with Crippen LogP contribution in [0.5, 0.6) is 5.75 Å². The molecule has 0 aliphatic rings. The maximum atomic E-state index is 12.6. The van der Waals surface area contributed by atoms with Gasteiger partial charge in [-0.25, -0.2) is 8.42 Å². The second kappa shape index (κ2) is 6.23. The molecule has 1 aromatic carbocycles.